The second-order valence-corrected chi connectivity index (χ2v) is 14.5. The van der Waals surface area contributed by atoms with Crippen molar-refractivity contribution in [2.75, 3.05) is 54.1 Å². The number of aliphatic hydroxyl groups excluding tert-OH is 1. The van der Waals surface area contributed by atoms with Gasteiger partial charge in [0.25, 0.3) is 5.91 Å². The highest BCUT2D eigenvalue weighted by molar-refractivity contribution is 8.02. The maximum atomic E-state index is 15.1. The predicted molar refractivity (Wildman–Crippen MR) is 199 cm³/mol. The van der Waals surface area contributed by atoms with Crippen molar-refractivity contribution >= 4 is 46.5 Å². The minimum absolute atomic E-state index is 0.151. The molecule has 0 saturated carbocycles. The smallest absolute Gasteiger partial charge is 0.251 e. The van der Waals surface area contributed by atoms with Crippen LogP contribution in [0.1, 0.15) is 32.4 Å². The van der Waals surface area contributed by atoms with E-state index in [-0.39, 0.29) is 29.6 Å². The van der Waals surface area contributed by atoms with Gasteiger partial charge in [-0.3, -0.25) is 14.4 Å². The number of fused-ring (bicyclic) bond motifs is 2. The van der Waals surface area contributed by atoms with E-state index < -0.39 is 28.7 Å². The number of carbonyl (C=O) groups is 3. The number of thioether (sulfide) groups is 1. The quantitative estimate of drug-likeness (QED) is 0.282. The molecular weight excluding hydrogens is 649 g/mol. The molecule has 0 bridgehead atoms. The summed E-state index contributed by atoms with van der Waals surface area (Å²) in [7, 11) is 0. The second kappa shape index (κ2) is 14.0. The Labute approximate surface area is 298 Å². The van der Waals surface area contributed by atoms with Crippen molar-refractivity contribution in [1.29, 1.82) is 0 Å². The van der Waals surface area contributed by atoms with Gasteiger partial charge in [-0.2, -0.15) is 0 Å². The van der Waals surface area contributed by atoms with Crippen LogP contribution in [0.25, 0.3) is 0 Å². The van der Waals surface area contributed by atoms with Crippen LogP contribution in [-0.2, 0) is 14.4 Å². The van der Waals surface area contributed by atoms with E-state index in [9.17, 15) is 9.90 Å². The van der Waals surface area contributed by atoms with Gasteiger partial charge in [-0.15, -0.1) is 11.8 Å². The molecule has 2 fully saturated rings. The molecule has 9 nitrogen and oxygen atoms in total. The van der Waals surface area contributed by atoms with Crippen LogP contribution in [0.15, 0.2) is 103 Å². The zero-order valence-electron chi connectivity index (χ0n) is 28.7. The van der Waals surface area contributed by atoms with Crippen molar-refractivity contribution in [1.82, 2.24) is 4.90 Å². The van der Waals surface area contributed by atoms with E-state index in [0.717, 1.165) is 41.5 Å². The summed E-state index contributed by atoms with van der Waals surface area (Å²) in [5, 5.41) is 10.6. The maximum Gasteiger partial charge on any atom is 0.251 e. The molecule has 4 heterocycles. The van der Waals surface area contributed by atoms with E-state index in [1.807, 2.05) is 110 Å². The van der Waals surface area contributed by atoms with Gasteiger partial charge in [0.2, 0.25) is 11.8 Å². The van der Waals surface area contributed by atoms with Crippen LogP contribution in [0, 0.1) is 11.8 Å². The van der Waals surface area contributed by atoms with E-state index in [0.29, 0.717) is 19.7 Å². The lowest BCUT2D eigenvalue weighted by atomic mass is 9.78. The summed E-state index contributed by atoms with van der Waals surface area (Å²) in [6.45, 7) is 8.76. The third kappa shape index (κ3) is 5.58. The Morgan fingerprint density at radius 3 is 2.12 bits per heavy atom. The summed E-state index contributed by atoms with van der Waals surface area (Å²) >= 11 is 1.54. The molecule has 4 aliphatic rings. The lowest BCUT2D eigenvalue weighted by Gasteiger charge is -2.38. The van der Waals surface area contributed by atoms with Crippen molar-refractivity contribution in [3.8, 4) is 5.75 Å². The normalized spacial score (nSPS) is 26.3. The number of amides is 3. The Kier molecular flexibility index (Phi) is 9.50. The third-order valence-corrected chi connectivity index (χ3v) is 12.3. The lowest BCUT2D eigenvalue weighted by molar-refractivity contribution is -0.141. The molecule has 4 aliphatic heterocycles. The Morgan fingerprint density at radius 2 is 1.48 bits per heavy atom. The fourth-order valence-corrected chi connectivity index (χ4v) is 10.2. The minimum Gasteiger partial charge on any atom is -0.494 e. The number of aliphatic hydroxyl groups is 1. The summed E-state index contributed by atoms with van der Waals surface area (Å²) < 4.78 is 4.61. The zero-order valence-corrected chi connectivity index (χ0v) is 29.5. The van der Waals surface area contributed by atoms with Crippen LogP contribution in [0.4, 0.5) is 17.1 Å². The minimum atomic E-state index is -1.02. The topological polar surface area (TPSA) is 93.6 Å². The SMILES string of the molecule is CCOc1ccc(N2CC=C[C@@H]3S[C@]45C=CCN(c6ccc(N(CC)CC)cc6)C(=O)C4N([C@H](CO)c4ccccc4)C(=O)[C@@H]5[C@@H]3C2=O)cc1. The third-order valence-electron chi connectivity index (χ3n) is 10.5. The van der Waals surface area contributed by atoms with Crippen molar-refractivity contribution in [3.05, 3.63) is 109 Å². The Hall–Kier alpha value is -4.54. The average molecular weight is 693 g/mol. The molecule has 3 amide bonds. The predicted octanol–water partition coefficient (Wildman–Crippen LogP) is 5.47. The first-order valence-electron chi connectivity index (χ1n) is 17.6. The molecule has 1 spiro atoms. The van der Waals surface area contributed by atoms with Gasteiger partial charge in [0, 0.05) is 48.5 Å². The van der Waals surface area contributed by atoms with Gasteiger partial charge in [-0.05, 0) is 74.9 Å². The van der Waals surface area contributed by atoms with Gasteiger partial charge in [0.15, 0.2) is 0 Å². The van der Waals surface area contributed by atoms with E-state index in [2.05, 4.69) is 18.7 Å². The molecular formula is C40H44N4O5S. The number of likely N-dealkylation sites (tertiary alicyclic amines) is 1. The Balaban J connectivity index is 1.31. The number of ether oxygens (including phenoxy) is 1. The lowest BCUT2D eigenvalue weighted by Crippen LogP contribution is -2.54. The molecule has 3 aromatic carbocycles. The summed E-state index contributed by atoms with van der Waals surface area (Å²) in [4.78, 5) is 52.2. The highest BCUT2D eigenvalue weighted by atomic mass is 32.2. The van der Waals surface area contributed by atoms with Crippen molar-refractivity contribution < 1.29 is 24.2 Å². The number of hydrogen-bond donors (Lipinski definition) is 1. The van der Waals surface area contributed by atoms with E-state index in [1.54, 1.807) is 14.7 Å². The molecule has 7 rings (SSSR count). The van der Waals surface area contributed by atoms with E-state index in [1.165, 1.54) is 11.8 Å². The van der Waals surface area contributed by atoms with Gasteiger partial charge in [0.1, 0.15) is 11.8 Å². The second-order valence-electron chi connectivity index (χ2n) is 13.0. The standard InChI is InChI=1S/C40H44N4O5S/c1-4-41(5-2)28-15-17-29(18-16-28)43-25-11-23-40-35(38(47)44(36(40)39(43)48)32(26-45)27-12-8-7-9-13-27)34-33(50-40)14-10-24-42(37(34)46)30-19-21-31(22-20-30)49-6-3/h7-23,32-36,45H,4-6,24-26H2,1-3H3/t32-,33+,34-,35+,36?,40+/m1/s1. The largest absolute Gasteiger partial charge is 0.494 e. The van der Waals surface area contributed by atoms with Crippen LogP contribution in [0.5, 0.6) is 5.75 Å². The number of anilines is 3. The molecule has 0 aliphatic carbocycles. The first kappa shape index (κ1) is 33.9. The average Bonchev–Trinajstić information content (AvgIpc) is 3.45. The molecule has 1 N–H and O–H groups in total. The summed E-state index contributed by atoms with van der Waals surface area (Å²) in [6, 6.07) is 23.1. The fourth-order valence-electron chi connectivity index (χ4n) is 8.23. The van der Waals surface area contributed by atoms with Gasteiger partial charge in [0.05, 0.1) is 35.8 Å². The molecule has 0 radical (unpaired) electrons. The van der Waals surface area contributed by atoms with Crippen molar-refractivity contribution in [2.24, 2.45) is 11.8 Å². The van der Waals surface area contributed by atoms with Crippen LogP contribution < -0.4 is 19.4 Å². The highest BCUT2D eigenvalue weighted by Crippen LogP contribution is 2.62. The highest BCUT2D eigenvalue weighted by Gasteiger charge is 2.72. The van der Waals surface area contributed by atoms with Crippen LogP contribution in [0.3, 0.4) is 0 Å². The van der Waals surface area contributed by atoms with Gasteiger partial charge < -0.3 is 29.4 Å². The molecule has 50 heavy (non-hydrogen) atoms. The Bertz CT molecular complexity index is 1780. The molecule has 6 atom stereocenters. The summed E-state index contributed by atoms with van der Waals surface area (Å²) in [6.07, 6.45) is 8.03. The number of carbonyl (C=O) groups excluding carboxylic acids is 3. The number of benzene rings is 3. The van der Waals surface area contributed by atoms with Crippen molar-refractivity contribution in [2.45, 2.75) is 42.9 Å². The molecule has 3 aromatic rings. The first-order chi connectivity index (χ1) is 24.4. The van der Waals surface area contributed by atoms with Crippen molar-refractivity contribution in [3.63, 3.8) is 0 Å². The fraction of sp³-hybridized carbons (Fsp3) is 0.375. The first-order valence-corrected chi connectivity index (χ1v) is 18.5. The summed E-state index contributed by atoms with van der Waals surface area (Å²) in [5.41, 5.74) is 3.26. The Morgan fingerprint density at radius 1 is 0.840 bits per heavy atom. The molecule has 260 valence electrons. The van der Waals surface area contributed by atoms with Crippen LogP contribution in [-0.4, -0.2) is 83.2 Å². The van der Waals surface area contributed by atoms with Gasteiger partial charge >= 0.3 is 0 Å². The number of rotatable bonds is 10. The molecule has 10 heteroatoms. The van der Waals surface area contributed by atoms with E-state index in [4.69, 9.17) is 4.74 Å². The maximum absolute atomic E-state index is 15.1. The van der Waals surface area contributed by atoms with Gasteiger partial charge in [-0.25, -0.2) is 0 Å². The molecule has 1 unspecified atom stereocenters. The van der Waals surface area contributed by atoms with Crippen LogP contribution in [0.2, 0.25) is 0 Å². The molecule has 2 saturated heterocycles. The van der Waals surface area contributed by atoms with Crippen LogP contribution >= 0.6 is 11.8 Å². The zero-order chi connectivity index (χ0) is 35.0. The van der Waals surface area contributed by atoms with Gasteiger partial charge in [-0.1, -0.05) is 54.6 Å². The van der Waals surface area contributed by atoms with E-state index >= 15 is 9.59 Å². The number of hydrogen-bond acceptors (Lipinski definition) is 7. The summed E-state index contributed by atoms with van der Waals surface area (Å²) in [5.74, 6) is -1.47. The number of nitrogens with zero attached hydrogens (tertiary/aromatic N) is 4. The monoisotopic (exact) mass is 692 g/mol. The molecule has 0 aromatic heterocycles.